The molecule has 0 spiro atoms. The molecule has 1 heterocycles. The number of hydrogen-bond donors (Lipinski definition) is 1. The summed E-state index contributed by atoms with van der Waals surface area (Å²) in [6, 6.07) is -1.08. The van der Waals surface area contributed by atoms with Crippen molar-refractivity contribution in [2.75, 3.05) is 0 Å². The second-order valence-electron chi connectivity index (χ2n) is 0.847. The third-order valence-electron chi connectivity index (χ3n) is 0.417. The van der Waals surface area contributed by atoms with Gasteiger partial charge in [0.2, 0.25) is 0 Å². The normalized spacial score (nSPS) is 18.0. The summed E-state index contributed by atoms with van der Waals surface area (Å²) >= 11 is 0. The number of aliphatic imine (C=N–C) groups is 1. The quantitative estimate of drug-likeness (QED) is 0.386. The zero-order valence-electron chi connectivity index (χ0n) is 2.76. The van der Waals surface area contributed by atoms with Crippen LogP contribution in [0.4, 0.5) is 4.79 Å². The van der Waals surface area contributed by atoms with E-state index in [2.05, 4.69) is 4.99 Å². The lowest BCUT2D eigenvalue weighted by atomic mass is 10.8. The minimum atomic E-state index is -0.542. The molecule has 0 radical (unpaired) electrons. The van der Waals surface area contributed by atoms with Crippen LogP contribution in [0.1, 0.15) is 0 Å². The minimum Gasteiger partial charge on any atom is -0.846 e. The maximum atomic E-state index is 9.61. The predicted molar refractivity (Wildman–Crippen MR) is 16.0 cm³/mol. The molecule has 0 atom stereocenters. The Morgan fingerprint density at radius 1 is 1.83 bits per heavy atom. The van der Waals surface area contributed by atoms with Crippen molar-refractivity contribution in [3.8, 4) is 0 Å². The van der Waals surface area contributed by atoms with Gasteiger partial charge in [0.1, 0.15) is 0 Å². The zero-order valence-corrected chi connectivity index (χ0v) is 2.76. The molecule has 0 saturated heterocycles. The van der Waals surface area contributed by atoms with E-state index in [1.165, 1.54) is 0 Å². The van der Waals surface area contributed by atoms with Crippen LogP contribution in [0, 0.1) is 0 Å². The summed E-state index contributed by atoms with van der Waals surface area (Å²) in [6.07, 6.45) is 0. The lowest BCUT2D eigenvalue weighted by Crippen LogP contribution is -2.47. The van der Waals surface area contributed by atoms with Crippen molar-refractivity contribution in [3.63, 3.8) is 0 Å². The van der Waals surface area contributed by atoms with Crippen LogP contribution >= 0.6 is 0 Å². The molecule has 1 aliphatic rings. The minimum absolute atomic E-state index is 0.542. The van der Waals surface area contributed by atoms with Gasteiger partial charge in [-0.3, -0.25) is 0 Å². The van der Waals surface area contributed by atoms with Gasteiger partial charge in [0.25, 0.3) is 0 Å². The average molecular weight is 85.0 g/mol. The number of carbonyl (C=O) groups excluding carboxylic acids is 1. The van der Waals surface area contributed by atoms with Gasteiger partial charge in [0.15, 0.2) is 0 Å². The van der Waals surface area contributed by atoms with E-state index in [0.717, 1.165) is 0 Å². The van der Waals surface area contributed by atoms with Gasteiger partial charge in [0.05, 0.1) is 6.02 Å². The number of urea groups is 1. The van der Waals surface area contributed by atoms with Gasteiger partial charge in [-0.25, -0.2) is 4.79 Å². The van der Waals surface area contributed by atoms with E-state index in [9.17, 15) is 9.90 Å². The molecule has 1 aliphatic heterocycles. The third-order valence-corrected chi connectivity index (χ3v) is 0.417. The number of carbonyl (C=O) groups is 1. The van der Waals surface area contributed by atoms with Gasteiger partial charge in [-0.2, -0.15) is 4.99 Å². The first-order valence-corrected chi connectivity index (χ1v) is 1.36. The maximum Gasteiger partial charge on any atom is 0.346 e. The van der Waals surface area contributed by atoms with Crippen molar-refractivity contribution in [1.82, 2.24) is 5.32 Å². The van der Waals surface area contributed by atoms with Crippen LogP contribution in [0.25, 0.3) is 0 Å². The third kappa shape index (κ3) is 0.230. The largest absolute Gasteiger partial charge is 0.846 e. The fourth-order valence-electron chi connectivity index (χ4n) is 0.187. The highest BCUT2D eigenvalue weighted by atomic mass is 16.3. The Morgan fingerprint density at radius 3 is 2.33 bits per heavy atom. The van der Waals surface area contributed by atoms with E-state index < -0.39 is 12.1 Å². The van der Waals surface area contributed by atoms with Gasteiger partial charge in [0, 0.05) is 0 Å². The Balaban J connectivity index is 2.68. The standard InChI is InChI=1S/C2H2N2O2/c5-1-3-2(6)4-1/h(H2,3,4,5,6)/p-1. The van der Waals surface area contributed by atoms with E-state index in [0.29, 0.717) is 0 Å². The molecule has 0 aromatic carbocycles. The Kier molecular flexibility index (Phi) is 0.370. The predicted octanol–water partition coefficient (Wildman–Crippen LogP) is -1.57. The smallest absolute Gasteiger partial charge is 0.346 e. The Morgan fingerprint density at radius 2 is 2.33 bits per heavy atom. The molecule has 0 saturated carbocycles. The number of amidine groups is 1. The summed E-state index contributed by atoms with van der Waals surface area (Å²) in [6.45, 7) is 0. The zero-order chi connectivity index (χ0) is 4.57. The summed E-state index contributed by atoms with van der Waals surface area (Å²) in [4.78, 5) is 12.4. The van der Waals surface area contributed by atoms with Crippen LogP contribution in [-0.2, 0) is 0 Å². The molecule has 4 heteroatoms. The van der Waals surface area contributed by atoms with Crippen molar-refractivity contribution in [1.29, 1.82) is 0 Å². The summed E-state index contributed by atoms with van der Waals surface area (Å²) in [5.41, 5.74) is 0. The molecule has 0 aromatic rings. The van der Waals surface area contributed by atoms with Crippen molar-refractivity contribution in [2.45, 2.75) is 0 Å². The summed E-state index contributed by atoms with van der Waals surface area (Å²) in [7, 11) is 0. The molecule has 0 bridgehead atoms. The summed E-state index contributed by atoms with van der Waals surface area (Å²) in [5.74, 6) is 0. The highest BCUT2D eigenvalue weighted by molar-refractivity contribution is 6.05. The first-order valence-electron chi connectivity index (χ1n) is 1.36. The SMILES string of the molecule is O=C1N=C([O-])N1. The fourth-order valence-corrected chi connectivity index (χ4v) is 0.187. The van der Waals surface area contributed by atoms with Crippen molar-refractivity contribution in [2.24, 2.45) is 4.99 Å². The first-order chi connectivity index (χ1) is 2.79. The number of amides is 2. The van der Waals surface area contributed by atoms with E-state index in [4.69, 9.17) is 0 Å². The molecule has 0 aromatic heterocycles. The molecule has 0 aliphatic carbocycles. The van der Waals surface area contributed by atoms with Crippen LogP contribution in [0.5, 0.6) is 0 Å². The Hall–Kier alpha value is -1.06. The van der Waals surface area contributed by atoms with Gasteiger partial charge in [-0.05, 0) is 0 Å². The highest BCUT2D eigenvalue weighted by Gasteiger charge is 2.03. The molecule has 2 amide bonds. The fraction of sp³-hybridized carbons (Fsp3) is 0. The first kappa shape index (κ1) is 3.14. The topological polar surface area (TPSA) is 64.5 Å². The lowest BCUT2D eigenvalue weighted by molar-refractivity contribution is -0.222. The van der Waals surface area contributed by atoms with Crippen LogP contribution in [0.3, 0.4) is 0 Å². The Labute approximate surface area is 33.5 Å². The van der Waals surface area contributed by atoms with Crippen LogP contribution in [0.2, 0.25) is 0 Å². The van der Waals surface area contributed by atoms with E-state index in [1.54, 1.807) is 0 Å². The second kappa shape index (κ2) is 0.707. The van der Waals surface area contributed by atoms with E-state index in [-0.39, 0.29) is 0 Å². The number of hydrogen-bond acceptors (Lipinski definition) is 2. The number of nitrogens with zero attached hydrogens (tertiary/aromatic N) is 1. The van der Waals surface area contributed by atoms with Crippen LogP contribution < -0.4 is 10.4 Å². The summed E-state index contributed by atoms with van der Waals surface area (Å²) < 4.78 is 0. The molecule has 32 valence electrons. The van der Waals surface area contributed by atoms with Gasteiger partial charge in [-0.15, -0.1) is 0 Å². The molecule has 6 heavy (non-hydrogen) atoms. The second-order valence-corrected chi connectivity index (χ2v) is 0.847. The Bertz CT molecular complexity index is 117. The molecule has 0 unspecified atom stereocenters. The van der Waals surface area contributed by atoms with Gasteiger partial charge >= 0.3 is 6.03 Å². The maximum absolute atomic E-state index is 9.61. The average Bonchev–Trinajstić information content (AvgIpc) is 1.33. The summed E-state index contributed by atoms with van der Waals surface area (Å²) in [5, 5.41) is 11.5. The van der Waals surface area contributed by atoms with Crippen LogP contribution in [0.15, 0.2) is 4.99 Å². The number of rotatable bonds is 0. The molecule has 1 rings (SSSR count). The van der Waals surface area contributed by atoms with Crippen molar-refractivity contribution < 1.29 is 9.90 Å². The highest BCUT2D eigenvalue weighted by Crippen LogP contribution is 1.80. The van der Waals surface area contributed by atoms with Gasteiger partial charge < -0.3 is 10.4 Å². The number of nitrogens with one attached hydrogen (secondary N) is 1. The van der Waals surface area contributed by atoms with E-state index in [1.807, 2.05) is 5.32 Å². The van der Waals surface area contributed by atoms with E-state index >= 15 is 0 Å². The monoisotopic (exact) mass is 85.0 g/mol. The molecule has 4 nitrogen and oxygen atoms in total. The molecular weight excluding hydrogens is 84.0 g/mol. The van der Waals surface area contributed by atoms with Crippen molar-refractivity contribution >= 4 is 12.1 Å². The molecular formula is C2HN2O2-. The van der Waals surface area contributed by atoms with Crippen molar-refractivity contribution in [3.05, 3.63) is 0 Å². The molecule has 0 fully saturated rings. The van der Waals surface area contributed by atoms with Gasteiger partial charge in [-0.1, -0.05) is 0 Å². The lowest BCUT2D eigenvalue weighted by Gasteiger charge is -2.16. The molecule has 1 N–H and O–H groups in total. The van der Waals surface area contributed by atoms with Crippen LogP contribution in [-0.4, -0.2) is 12.1 Å².